The van der Waals surface area contributed by atoms with E-state index in [2.05, 4.69) is 44.1 Å². The van der Waals surface area contributed by atoms with Gasteiger partial charge in [-0.25, -0.2) is 0 Å². The van der Waals surface area contributed by atoms with Crippen LogP contribution in [0.1, 0.15) is 0 Å². The molecule has 0 saturated carbocycles. The van der Waals surface area contributed by atoms with Gasteiger partial charge >= 0.3 is 91.5 Å². The first kappa shape index (κ1) is 8.28. The second kappa shape index (κ2) is 3.27. The number of hydrogen-bond donors (Lipinski definition) is 0. The quantitative estimate of drug-likeness (QED) is 0.629. The third-order valence-electron chi connectivity index (χ3n) is 2.19. The molecule has 0 aliphatic carbocycles. The maximum atomic E-state index is 4.40. The second-order valence-electron chi connectivity index (χ2n) is 3.05. The zero-order chi connectivity index (χ0) is 9.38. The van der Waals surface area contributed by atoms with Crippen molar-refractivity contribution >= 4 is 31.5 Å². The Hall–Kier alpha value is -1.04. The van der Waals surface area contributed by atoms with E-state index in [-0.39, 0.29) is 20.4 Å². The van der Waals surface area contributed by atoms with Crippen LogP contribution in [0.5, 0.6) is 0 Å². The standard InChI is InChI=1S/C11H8N2Te/c1-3-9-5-7-13(11(9)12-6-1)10-4-2-8-14-10/h1-8H. The molecule has 68 valence electrons. The van der Waals surface area contributed by atoms with E-state index in [1.54, 1.807) is 0 Å². The maximum absolute atomic E-state index is 4.40. The predicted octanol–water partition coefficient (Wildman–Crippen LogP) is 2.08. The van der Waals surface area contributed by atoms with Crippen LogP contribution < -0.4 is 0 Å². The molecule has 3 aromatic rings. The Morgan fingerprint density at radius 1 is 1.14 bits per heavy atom. The van der Waals surface area contributed by atoms with Crippen molar-refractivity contribution in [1.82, 2.24) is 9.55 Å². The van der Waals surface area contributed by atoms with Gasteiger partial charge < -0.3 is 0 Å². The Morgan fingerprint density at radius 2 is 2.14 bits per heavy atom. The van der Waals surface area contributed by atoms with Gasteiger partial charge in [-0.15, -0.1) is 0 Å². The van der Waals surface area contributed by atoms with Gasteiger partial charge in [0, 0.05) is 0 Å². The molecule has 0 N–H and O–H groups in total. The van der Waals surface area contributed by atoms with Crippen molar-refractivity contribution in [2.75, 3.05) is 0 Å². The van der Waals surface area contributed by atoms with Crippen LogP contribution in [-0.2, 0) is 0 Å². The van der Waals surface area contributed by atoms with Crippen molar-refractivity contribution in [1.29, 1.82) is 0 Å². The molecule has 0 atom stereocenters. The van der Waals surface area contributed by atoms with Gasteiger partial charge in [-0.2, -0.15) is 0 Å². The third-order valence-corrected chi connectivity index (χ3v) is 4.67. The Labute approximate surface area is 91.4 Å². The molecular formula is C11H8N2Te. The van der Waals surface area contributed by atoms with Gasteiger partial charge in [0.25, 0.3) is 0 Å². The molecule has 0 bridgehead atoms. The molecule has 0 unspecified atom stereocenters. The van der Waals surface area contributed by atoms with Crippen LogP contribution in [0.15, 0.2) is 46.8 Å². The van der Waals surface area contributed by atoms with Crippen LogP contribution in [-0.4, -0.2) is 30.0 Å². The van der Waals surface area contributed by atoms with Crippen LogP contribution in [0, 0.1) is 0 Å². The van der Waals surface area contributed by atoms with Crippen LogP contribution in [0.25, 0.3) is 14.7 Å². The van der Waals surface area contributed by atoms with E-state index in [4.69, 9.17) is 0 Å². The number of nitrogens with zero attached hydrogens (tertiary/aromatic N) is 2. The molecule has 3 aromatic heterocycles. The van der Waals surface area contributed by atoms with Gasteiger partial charge in [0.1, 0.15) is 0 Å². The molecule has 0 amide bonds. The summed E-state index contributed by atoms with van der Waals surface area (Å²) in [4.78, 5) is 4.40. The minimum atomic E-state index is -0.120. The van der Waals surface area contributed by atoms with Crippen molar-refractivity contribution < 1.29 is 0 Å². The molecular weight excluding hydrogens is 288 g/mol. The summed E-state index contributed by atoms with van der Waals surface area (Å²) < 4.78 is 5.91. The molecule has 0 aliphatic rings. The van der Waals surface area contributed by atoms with Crippen molar-refractivity contribution in [2.45, 2.75) is 0 Å². The van der Waals surface area contributed by atoms with Gasteiger partial charge in [0.15, 0.2) is 0 Å². The normalized spacial score (nSPS) is 10.9. The van der Waals surface area contributed by atoms with Gasteiger partial charge in [0.05, 0.1) is 0 Å². The van der Waals surface area contributed by atoms with E-state index in [9.17, 15) is 0 Å². The van der Waals surface area contributed by atoms with E-state index >= 15 is 0 Å². The van der Waals surface area contributed by atoms with E-state index < -0.39 is 0 Å². The fourth-order valence-corrected chi connectivity index (χ4v) is 3.59. The third kappa shape index (κ3) is 1.21. The van der Waals surface area contributed by atoms with Crippen LogP contribution in [0.4, 0.5) is 0 Å². The summed E-state index contributed by atoms with van der Waals surface area (Å²) in [6.45, 7) is 0. The molecule has 3 heteroatoms. The Bertz CT molecular complexity index is 551. The summed E-state index contributed by atoms with van der Waals surface area (Å²) in [5.41, 5.74) is 1.08. The summed E-state index contributed by atoms with van der Waals surface area (Å²) >= 11 is -0.120. The summed E-state index contributed by atoms with van der Waals surface area (Å²) in [7, 11) is 0. The summed E-state index contributed by atoms with van der Waals surface area (Å²) in [5.74, 6) is 0. The Morgan fingerprint density at radius 3 is 3.00 bits per heavy atom. The van der Waals surface area contributed by atoms with Crippen LogP contribution >= 0.6 is 0 Å². The van der Waals surface area contributed by atoms with Crippen molar-refractivity contribution in [3.63, 3.8) is 0 Å². The minimum absolute atomic E-state index is 0.120. The molecule has 14 heavy (non-hydrogen) atoms. The zero-order valence-electron chi connectivity index (χ0n) is 7.42. The fraction of sp³-hybridized carbons (Fsp3) is 0. The number of hydrogen-bond acceptors (Lipinski definition) is 1. The van der Waals surface area contributed by atoms with Gasteiger partial charge in [0.2, 0.25) is 0 Å². The molecule has 3 rings (SSSR count). The molecule has 0 aliphatic heterocycles. The molecule has 2 nitrogen and oxygen atoms in total. The van der Waals surface area contributed by atoms with Crippen molar-refractivity contribution in [3.05, 3.63) is 46.8 Å². The van der Waals surface area contributed by atoms with E-state index in [0.29, 0.717) is 0 Å². The Kier molecular flexibility index (Phi) is 1.93. The van der Waals surface area contributed by atoms with Crippen LogP contribution in [0.3, 0.4) is 0 Å². The van der Waals surface area contributed by atoms with Crippen molar-refractivity contribution in [2.24, 2.45) is 0 Å². The second-order valence-corrected chi connectivity index (χ2v) is 5.70. The first-order valence-corrected chi connectivity index (χ1v) is 6.92. The van der Waals surface area contributed by atoms with E-state index in [0.717, 1.165) is 5.65 Å². The van der Waals surface area contributed by atoms with E-state index in [1.807, 2.05) is 12.3 Å². The molecule has 0 spiro atoms. The Balaban J connectivity index is 2.33. The molecule has 3 heterocycles. The monoisotopic (exact) mass is 298 g/mol. The summed E-state index contributed by atoms with van der Waals surface area (Å²) in [5, 5.41) is 1.22. The number of pyridine rings is 1. The van der Waals surface area contributed by atoms with Crippen molar-refractivity contribution in [3.8, 4) is 3.70 Å². The number of aromatic nitrogens is 2. The van der Waals surface area contributed by atoms with Gasteiger partial charge in [-0.05, 0) is 0 Å². The number of fused-ring (bicyclic) bond motifs is 1. The van der Waals surface area contributed by atoms with E-state index in [1.165, 1.54) is 9.09 Å². The average molecular weight is 296 g/mol. The first-order valence-electron chi connectivity index (χ1n) is 4.41. The molecule has 0 radical (unpaired) electrons. The predicted molar refractivity (Wildman–Crippen MR) is 58.0 cm³/mol. The topological polar surface area (TPSA) is 17.8 Å². The van der Waals surface area contributed by atoms with Gasteiger partial charge in [-0.3, -0.25) is 0 Å². The molecule has 0 fully saturated rings. The summed E-state index contributed by atoms with van der Waals surface area (Å²) in [6, 6.07) is 10.5. The zero-order valence-corrected chi connectivity index (χ0v) is 9.75. The average Bonchev–Trinajstić information content (AvgIpc) is 2.85. The van der Waals surface area contributed by atoms with Crippen LogP contribution in [0.2, 0.25) is 0 Å². The SMILES string of the molecule is c1c[te]c(-n2ccc3cccnc32)c1. The molecule has 0 saturated heterocycles. The fourth-order valence-electron chi connectivity index (χ4n) is 1.55. The molecule has 0 aromatic carbocycles. The van der Waals surface area contributed by atoms with Gasteiger partial charge in [-0.1, -0.05) is 0 Å². The first-order chi connectivity index (χ1) is 6.95. The summed E-state index contributed by atoms with van der Waals surface area (Å²) in [6.07, 6.45) is 3.96. The number of rotatable bonds is 1.